The Morgan fingerprint density at radius 2 is 1.82 bits per heavy atom. The van der Waals surface area contributed by atoms with Crippen molar-refractivity contribution in [2.45, 2.75) is 33.0 Å². The second-order valence-corrected chi connectivity index (χ2v) is 2.59. The van der Waals surface area contributed by atoms with Gasteiger partial charge in [0, 0.05) is 6.61 Å². The number of hydrogen-bond donors (Lipinski definition) is 1. The quantitative estimate of drug-likeness (QED) is 0.628. The van der Waals surface area contributed by atoms with E-state index in [0.717, 1.165) is 0 Å². The van der Waals surface area contributed by atoms with Gasteiger partial charge in [0.15, 0.2) is 0 Å². The Bertz CT molecular complexity index is 85.4. The van der Waals surface area contributed by atoms with Gasteiger partial charge in [-0.15, -0.1) is 0 Å². The number of rotatable bonds is 6. The highest BCUT2D eigenvalue weighted by molar-refractivity contribution is 4.50. The van der Waals surface area contributed by atoms with Crippen LogP contribution in [0.2, 0.25) is 0 Å². The van der Waals surface area contributed by atoms with Gasteiger partial charge in [-0.25, -0.2) is 0 Å². The molecule has 0 saturated carbocycles. The first-order chi connectivity index (χ1) is 5.20. The van der Waals surface area contributed by atoms with Crippen molar-refractivity contribution < 1.29 is 14.6 Å². The molecule has 0 radical (unpaired) electrons. The molecule has 0 aliphatic rings. The molecule has 3 heteroatoms. The van der Waals surface area contributed by atoms with E-state index in [4.69, 9.17) is 14.6 Å². The number of ether oxygens (including phenoxy) is 2. The third-order valence-corrected chi connectivity index (χ3v) is 1.32. The maximum Gasteiger partial charge on any atom is 0.0780 e. The summed E-state index contributed by atoms with van der Waals surface area (Å²) in [4.78, 5) is 0. The largest absolute Gasteiger partial charge is 0.394 e. The Morgan fingerprint density at radius 1 is 1.18 bits per heavy atom. The highest BCUT2D eigenvalue weighted by Gasteiger charge is 2.04. The monoisotopic (exact) mass is 162 g/mol. The van der Waals surface area contributed by atoms with Gasteiger partial charge >= 0.3 is 0 Å². The van der Waals surface area contributed by atoms with E-state index in [0.29, 0.717) is 13.2 Å². The van der Waals surface area contributed by atoms with E-state index in [2.05, 4.69) is 0 Å². The average molecular weight is 162 g/mol. The van der Waals surface area contributed by atoms with Gasteiger partial charge in [-0.3, -0.25) is 0 Å². The van der Waals surface area contributed by atoms with E-state index in [-0.39, 0.29) is 18.8 Å². The highest BCUT2D eigenvalue weighted by Crippen LogP contribution is 1.95. The smallest absolute Gasteiger partial charge is 0.0780 e. The first-order valence-corrected chi connectivity index (χ1v) is 4.04. The van der Waals surface area contributed by atoms with Crippen molar-refractivity contribution in [1.29, 1.82) is 0 Å². The molecule has 0 saturated heterocycles. The van der Waals surface area contributed by atoms with Crippen molar-refractivity contribution in [2.75, 3.05) is 19.8 Å². The third kappa shape index (κ3) is 6.28. The predicted octanol–water partition coefficient (Wildman–Crippen LogP) is 0.809. The molecular weight excluding hydrogens is 144 g/mol. The molecule has 0 spiro atoms. The Morgan fingerprint density at radius 3 is 2.27 bits per heavy atom. The van der Waals surface area contributed by atoms with Crippen molar-refractivity contribution in [2.24, 2.45) is 0 Å². The molecule has 0 aromatic rings. The van der Waals surface area contributed by atoms with Crippen LogP contribution in [0.1, 0.15) is 20.8 Å². The molecule has 0 bridgehead atoms. The van der Waals surface area contributed by atoms with Crippen LogP contribution in [-0.2, 0) is 9.47 Å². The summed E-state index contributed by atoms with van der Waals surface area (Å²) < 4.78 is 10.5. The van der Waals surface area contributed by atoms with Crippen LogP contribution in [0.25, 0.3) is 0 Å². The lowest BCUT2D eigenvalue weighted by atomic mass is 10.4. The van der Waals surface area contributed by atoms with Crippen LogP contribution >= 0.6 is 0 Å². The summed E-state index contributed by atoms with van der Waals surface area (Å²) in [5.74, 6) is 0. The topological polar surface area (TPSA) is 38.7 Å². The zero-order valence-electron chi connectivity index (χ0n) is 7.54. The molecule has 0 rings (SSSR count). The Balaban J connectivity index is 3.22. The van der Waals surface area contributed by atoms with Gasteiger partial charge in [0.1, 0.15) is 0 Å². The van der Waals surface area contributed by atoms with Crippen LogP contribution in [0, 0.1) is 0 Å². The first-order valence-electron chi connectivity index (χ1n) is 4.04. The van der Waals surface area contributed by atoms with Crippen LogP contribution < -0.4 is 0 Å². The zero-order valence-corrected chi connectivity index (χ0v) is 7.54. The van der Waals surface area contributed by atoms with E-state index in [9.17, 15) is 0 Å². The summed E-state index contributed by atoms with van der Waals surface area (Å²) in [6.07, 6.45) is 0.0342. The minimum atomic E-state index is -0.0853. The van der Waals surface area contributed by atoms with E-state index < -0.39 is 0 Å². The zero-order chi connectivity index (χ0) is 8.69. The van der Waals surface area contributed by atoms with Crippen molar-refractivity contribution in [1.82, 2.24) is 0 Å². The number of hydrogen-bond acceptors (Lipinski definition) is 3. The molecular formula is C8H18O3. The fourth-order valence-corrected chi connectivity index (χ4v) is 0.685. The lowest BCUT2D eigenvalue weighted by molar-refractivity contribution is -0.0424. The third-order valence-electron chi connectivity index (χ3n) is 1.32. The molecule has 11 heavy (non-hydrogen) atoms. The standard InChI is InChI=1S/C8H18O3/c1-4-10-8(3)6-11-7(2)5-9/h7-9H,4-6H2,1-3H3/t7-,8-/m0/s1. The molecule has 0 aliphatic heterocycles. The minimum absolute atomic E-state index is 0.0683. The van der Waals surface area contributed by atoms with E-state index in [1.807, 2.05) is 20.8 Å². The molecule has 0 aromatic heterocycles. The summed E-state index contributed by atoms with van der Waals surface area (Å²) in [6.45, 7) is 7.06. The molecule has 2 atom stereocenters. The van der Waals surface area contributed by atoms with E-state index in [1.165, 1.54) is 0 Å². The van der Waals surface area contributed by atoms with Gasteiger partial charge in [0.05, 0.1) is 25.4 Å². The van der Waals surface area contributed by atoms with Crippen molar-refractivity contribution >= 4 is 0 Å². The lowest BCUT2D eigenvalue weighted by Gasteiger charge is -2.14. The van der Waals surface area contributed by atoms with Crippen molar-refractivity contribution in [3.8, 4) is 0 Å². The molecule has 0 unspecified atom stereocenters. The Hall–Kier alpha value is -0.120. The normalized spacial score (nSPS) is 16.4. The molecule has 0 amide bonds. The van der Waals surface area contributed by atoms with E-state index >= 15 is 0 Å². The second-order valence-electron chi connectivity index (χ2n) is 2.59. The van der Waals surface area contributed by atoms with Crippen LogP contribution in [-0.4, -0.2) is 37.1 Å². The van der Waals surface area contributed by atoms with E-state index in [1.54, 1.807) is 0 Å². The van der Waals surface area contributed by atoms with Gasteiger partial charge < -0.3 is 14.6 Å². The van der Waals surface area contributed by atoms with Crippen molar-refractivity contribution in [3.05, 3.63) is 0 Å². The number of aliphatic hydroxyl groups excluding tert-OH is 1. The molecule has 0 aromatic carbocycles. The van der Waals surface area contributed by atoms with Crippen LogP contribution in [0.15, 0.2) is 0 Å². The molecule has 1 N–H and O–H groups in total. The van der Waals surface area contributed by atoms with Gasteiger partial charge in [-0.2, -0.15) is 0 Å². The molecule has 0 aliphatic carbocycles. The lowest BCUT2D eigenvalue weighted by Crippen LogP contribution is -2.22. The molecule has 68 valence electrons. The fraction of sp³-hybridized carbons (Fsp3) is 1.00. The van der Waals surface area contributed by atoms with Gasteiger partial charge in [0.25, 0.3) is 0 Å². The molecule has 3 nitrogen and oxygen atoms in total. The van der Waals surface area contributed by atoms with Gasteiger partial charge in [-0.05, 0) is 20.8 Å². The summed E-state index contributed by atoms with van der Waals surface area (Å²) >= 11 is 0. The van der Waals surface area contributed by atoms with Gasteiger partial charge in [0.2, 0.25) is 0 Å². The minimum Gasteiger partial charge on any atom is -0.394 e. The summed E-state index contributed by atoms with van der Waals surface area (Å²) in [5, 5.41) is 8.61. The maximum atomic E-state index is 8.61. The molecule has 0 heterocycles. The SMILES string of the molecule is CCO[C@@H](C)CO[C@@H](C)CO. The summed E-state index contributed by atoms with van der Waals surface area (Å²) in [5.41, 5.74) is 0. The van der Waals surface area contributed by atoms with Crippen LogP contribution in [0.3, 0.4) is 0 Å². The maximum absolute atomic E-state index is 8.61. The van der Waals surface area contributed by atoms with Crippen LogP contribution in [0.4, 0.5) is 0 Å². The number of aliphatic hydroxyl groups is 1. The van der Waals surface area contributed by atoms with Gasteiger partial charge in [-0.1, -0.05) is 0 Å². The first kappa shape index (κ1) is 10.9. The predicted molar refractivity (Wildman–Crippen MR) is 43.6 cm³/mol. The average Bonchev–Trinajstić information content (AvgIpc) is 2.01. The molecule has 0 fully saturated rings. The summed E-state index contributed by atoms with van der Waals surface area (Å²) in [6, 6.07) is 0. The fourth-order valence-electron chi connectivity index (χ4n) is 0.685. The summed E-state index contributed by atoms with van der Waals surface area (Å²) in [7, 11) is 0. The Kier molecular flexibility index (Phi) is 6.51. The Labute approximate surface area is 68.3 Å². The van der Waals surface area contributed by atoms with Crippen LogP contribution in [0.5, 0.6) is 0 Å². The highest BCUT2D eigenvalue weighted by atomic mass is 16.5. The van der Waals surface area contributed by atoms with Crippen molar-refractivity contribution in [3.63, 3.8) is 0 Å². The second kappa shape index (κ2) is 6.58.